The van der Waals surface area contributed by atoms with Gasteiger partial charge in [0.1, 0.15) is 0 Å². The average molecular weight is 982 g/mol. The Morgan fingerprint density at radius 1 is 0.184 bits per heavy atom. The molecule has 0 unspecified atom stereocenters. The number of fused-ring (bicyclic) bond motifs is 16. The summed E-state index contributed by atoms with van der Waals surface area (Å²) in [6.45, 7) is 0. The first-order valence-electron chi connectivity index (χ1n) is 26.3. The summed E-state index contributed by atoms with van der Waals surface area (Å²) >= 11 is 0. The summed E-state index contributed by atoms with van der Waals surface area (Å²) in [4.78, 5) is 0. The quantitative estimate of drug-likeness (QED) is 0.0859. The van der Waals surface area contributed by atoms with Crippen LogP contribution in [-0.2, 0) is 0 Å². The molecule has 13 aromatic carbocycles. The second-order valence-electron chi connectivity index (χ2n) is 20.3. The number of hydrogen-bond donors (Lipinski definition) is 0. The number of nitrogens with zero attached hydrogens (tertiary/aromatic N) is 3. The molecule has 0 fully saturated rings. The number of para-hydroxylation sites is 3. The molecule has 16 aromatic rings. The third-order valence-electron chi connectivity index (χ3n) is 16.5. The van der Waals surface area contributed by atoms with Crippen LogP contribution in [0.15, 0.2) is 285 Å². The molecule has 0 N–H and O–H groups in total. The first-order valence-corrected chi connectivity index (χ1v) is 28.3. The Balaban J connectivity index is 0.997. The molecule has 0 saturated carbocycles. The molecule has 4 heteroatoms. The van der Waals surface area contributed by atoms with Crippen molar-refractivity contribution in [3.8, 4) is 17.1 Å². The van der Waals surface area contributed by atoms with E-state index in [1.807, 2.05) is 0 Å². The average Bonchev–Trinajstić information content (AvgIpc) is 4.25. The summed E-state index contributed by atoms with van der Waals surface area (Å²) in [6.07, 6.45) is 0. The van der Waals surface area contributed by atoms with E-state index in [-0.39, 0.29) is 0 Å². The Labute approximate surface area is 440 Å². The van der Waals surface area contributed by atoms with Crippen LogP contribution in [-0.4, -0.2) is 21.8 Å². The van der Waals surface area contributed by atoms with Crippen molar-refractivity contribution in [1.29, 1.82) is 0 Å². The SMILES string of the molecule is c1ccc(-n2c3ccccc3c3ccc(-n4c5ccccc5c5cc(-n6c7ccc([Si](c8ccccc8)(c8ccccc8)c8ccccc8)cc7c7c8c9ccccc9c9ccccc9c8ccc76)ccc54)cc32)cc1. The van der Waals surface area contributed by atoms with Gasteiger partial charge in [0.05, 0.1) is 33.1 Å². The fourth-order valence-corrected chi connectivity index (χ4v) is 18.2. The van der Waals surface area contributed by atoms with E-state index in [1.165, 1.54) is 118 Å². The summed E-state index contributed by atoms with van der Waals surface area (Å²) in [5, 5.41) is 20.5. The third-order valence-corrected chi connectivity index (χ3v) is 21.3. The summed E-state index contributed by atoms with van der Waals surface area (Å²) < 4.78 is 7.42. The Morgan fingerprint density at radius 2 is 0.566 bits per heavy atom. The fraction of sp³-hybridized carbons (Fsp3) is 0. The van der Waals surface area contributed by atoms with Crippen LogP contribution in [0.1, 0.15) is 0 Å². The van der Waals surface area contributed by atoms with Crippen LogP contribution >= 0.6 is 0 Å². The maximum atomic E-state index is 2.59. The van der Waals surface area contributed by atoms with Gasteiger partial charge in [-0.05, 0) is 114 Å². The van der Waals surface area contributed by atoms with Gasteiger partial charge in [-0.25, -0.2) is 0 Å². The van der Waals surface area contributed by atoms with Gasteiger partial charge in [-0.2, -0.15) is 0 Å². The molecule has 0 atom stereocenters. The monoisotopic (exact) mass is 981 g/mol. The zero-order valence-corrected chi connectivity index (χ0v) is 42.5. The number of hydrogen-bond acceptors (Lipinski definition) is 0. The lowest BCUT2D eigenvalue weighted by molar-refractivity contribution is 1.15. The number of rotatable bonds is 7. The number of benzene rings is 13. The highest BCUT2D eigenvalue weighted by Crippen LogP contribution is 2.45. The van der Waals surface area contributed by atoms with Crippen molar-refractivity contribution in [1.82, 2.24) is 13.7 Å². The Morgan fingerprint density at radius 3 is 1.18 bits per heavy atom. The van der Waals surface area contributed by atoms with E-state index in [0.717, 1.165) is 17.1 Å². The largest absolute Gasteiger partial charge is 0.309 e. The molecule has 3 heterocycles. The van der Waals surface area contributed by atoms with E-state index in [1.54, 1.807) is 0 Å². The molecule has 0 aliphatic rings. The van der Waals surface area contributed by atoms with Crippen molar-refractivity contribution in [3.63, 3.8) is 0 Å². The lowest BCUT2D eigenvalue weighted by Crippen LogP contribution is -2.74. The van der Waals surface area contributed by atoms with Gasteiger partial charge in [0.25, 0.3) is 0 Å². The van der Waals surface area contributed by atoms with Gasteiger partial charge < -0.3 is 13.7 Å². The van der Waals surface area contributed by atoms with Gasteiger partial charge in [0.15, 0.2) is 8.07 Å². The lowest BCUT2D eigenvalue weighted by atomic mass is 9.92. The van der Waals surface area contributed by atoms with Crippen molar-refractivity contribution in [2.45, 2.75) is 0 Å². The number of aromatic nitrogens is 3. The van der Waals surface area contributed by atoms with E-state index in [0.29, 0.717) is 0 Å². The molecule has 0 radical (unpaired) electrons. The van der Waals surface area contributed by atoms with Gasteiger partial charge >= 0.3 is 0 Å². The van der Waals surface area contributed by atoms with Gasteiger partial charge in [0.2, 0.25) is 0 Å². The van der Waals surface area contributed by atoms with E-state index in [9.17, 15) is 0 Å². The highest BCUT2D eigenvalue weighted by Gasteiger charge is 2.41. The minimum atomic E-state index is -2.90. The minimum absolute atomic E-state index is 1.13. The van der Waals surface area contributed by atoms with Crippen molar-refractivity contribution in [2.75, 3.05) is 0 Å². The fourth-order valence-electron chi connectivity index (χ4n) is 13.4. The summed E-state index contributed by atoms with van der Waals surface area (Å²) in [5.74, 6) is 0. The molecule has 3 aromatic heterocycles. The minimum Gasteiger partial charge on any atom is -0.309 e. The van der Waals surface area contributed by atoms with Gasteiger partial charge in [-0.1, -0.05) is 218 Å². The van der Waals surface area contributed by atoms with Crippen molar-refractivity contribution in [2.24, 2.45) is 0 Å². The maximum absolute atomic E-state index is 2.90. The summed E-state index contributed by atoms with van der Waals surface area (Å²) in [7, 11) is -2.90. The molecule has 76 heavy (non-hydrogen) atoms. The molecule has 3 nitrogen and oxygen atoms in total. The smallest absolute Gasteiger partial charge is 0.179 e. The molecule has 0 bridgehead atoms. The molecule has 0 aliphatic heterocycles. The van der Waals surface area contributed by atoms with E-state index in [4.69, 9.17) is 0 Å². The lowest BCUT2D eigenvalue weighted by Gasteiger charge is -2.34. The predicted octanol–water partition coefficient (Wildman–Crippen LogP) is 15.8. The Bertz CT molecular complexity index is 4840. The Hall–Kier alpha value is -9.74. The molecular formula is C72H47N3Si. The molecular weight excluding hydrogens is 935 g/mol. The molecule has 16 rings (SSSR count). The highest BCUT2D eigenvalue weighted by molar-refractivity contribution is 7.20. The third kappa shape index (κ3) is 6.04. The van der Waals surface area contributed by atoms with Gasteiger partial charge in [-0.3, -0.25) is 0 Å². The zero-order chi connectivity index (χ0) is 49.9. The van der Waals surface area contributed by atoms with Crippen LogP contribution < -0.4 is 20.7 Å². The van der Waals surface area contributed by atoms with Crippen LogP contribution in [0, 0.1) is 0 Å². The van der Waals surface area contributed by atoms with Crippen LogP contribution in [0.4, 0.5) is 0 Å². The standard InChI is InChI=1S/C72H47N3Si/c1-5-21-48(22-6-1)73-65-35-19-17-32-58(65)60-40-37-50(46-70(60)73)74-66-36-20-18-33-59(66)63-45-49(38-42-67(63)74)75-68-43-39-54(76(51-23-7-2-8-24-51,52-25-9-3-10-26-52)53-27-11-4-12-28-53)47-64(68)72-69(75)44-41-62-57-31-14-13-29-55(57)56-30-15-16-34-61(56)71(62)72/h1-47H. The second kappa shape index (κ2) is 16.6. The first kappa shape index (κ1) is 42.7. The Kier molecular flexibility index (Phi) is 9.36. The van der Waals surface area contributed by atoms with Crippen LogP contribution in [0.25, 0.3) is 115 Å². The zero-order valence-electron chi connectivity index (χ0n) is 41.5. The van der Waals surface area contributed by atoms with E-state index in [2.05, 4.69) is 299 Å². The van der Waals surface area contributed by atoms with E-state index >= 15 is 0 Å². The van der Waals surface area contributed by atoms with Gasteiger partial charge in [0, 0.05) is 54.8 Å². The highest BCUT2D eigenvalue weighted by atomic mass is 28.3. The maximum Gasteiger partial charge on any atom is 0.179 e. The molecule has 0 amide bonds. The predicted molar refractivity (Wildman–Crippen MR) is 326 cm³/mol. The van der Waals surface area contributed by atoms with Gasteiger partial charge in [-0.15, -0.1) is 0 Å². The van der Waals surface area contributed by atoms with Crippen molar-refractivity contribution < 1.29 is 0 Å². The topological polar surface area (TPSA) is 14.8 Å². The van der Waals surface area contributed by atoms with Crippen molar-refractivity contribution >= 4 is 127 Å². The van der Waals surface area contributed by atoms with Crippen LogP contribution in [0.5, 0.6) is 0 Å². The van der Waals surface area contributed by atoms with Crippen LogP contribution in [0.3, 0.4) is 0 Å². The molecule has 0 aliphatic carbocycles. The second-order valence-corrected chi connectivity index (χ2v) is 24.1. The summed E-state index contributed by atoms with van der Waals surface area (Å²) in [5.41, 5.74) is 10.5. The normalized spacial score (nSPS) is 12.2. The summed E-state index contributed by atoms with van der Waals surface area (Å²) in [6, 6.07) is 107. The van der Waals surface area contributed by atoms with Crippen LogP contribution in [0.2, 0.25) is 0 Å². The van der Waals surface area contributed by atoms with Crippen molar-refractivity contribution in [3.05, 3.63) is 285 Å². The first-order chi connectivity index (χ1) is 37.7. The molecule has 354 valence electrons. The molecule has 0 saturated heterocycles. The molecule has 0 spiro atoms. The van der Waals surface area contributed by atoms with E-state index < -0.39 is 8.07 Å².